The van der Waals surface area contributed by atoms with Crippen LogP contribution in [-0.2, 0) is 11.3 Å². The molecule has 0 saturated carbocycles. The Kier molecular flexibility index (Phi) is 10.8. The molecule has 0 radical (unpaired) electrons. The summed E-state index contributed by atoms with van der Waals surface area (Å²) in [6.07, 6.45) is -1.08. The lowest BCUT2D eigenvalue weighted by molar-refractivity contribution is 0.0791. The van der Waals surface area contributed by atoms with Gasteiger partial charge in [-0.3, -0.25) is 0 Å². The number of halogens is 3. The lowest BCUT2D eigenvalue weighted by Crippen LogP contribution is -2.34. The van der Waals surface area contributed by atoms with E-state index in [4.69, 9.17) is 15.2 Å². The Hall–Kier alpha value is -1.23. The van der Waals surface area contributed by atoms with Crippen molar-refractivity contribution in [2.75, 3.05) is 26.9 Å². The molecule has 0 aromatic carbocycles. The SMILES string of the molecule is COCCNC(N)=NCc1cccnc1OCC(F)F.I. The summed E-state index contributed by atoms with van der Waals surface area (Å²) in [6.45, 7) is 0.535. The molecule has 0 saturated heterocycles. The summed E-state index contributed by atoms with van der Waals surface area (Å²) in [5.41, 5.74) is 6.22. The van der Waals surface area contributed by atoms with Gasteiger partial charge >= 0.3 is 0 Å². The van der Waals surface area contributed by atoms with Crippen molar-refractivity contribution in [3.63, 3.8) is 0 Å². The third-order valence-electron chi connectivity index (χ3n) is 2.23. The summed E-state index contributed by atoms with van der Waals surface area (Å²) in [5.74, 6) is 0.381. The molecule has 0 aliphatic heterocycles. The summed E-state index contributed by atoms with van der Waals surface area (Å²) in [6, 6.07) is 3.37. The van der Waals surface area contributed by atoms with Gasteiger partial charge in [0, 0.05) is 25.4 Å². The van der Waals surface area contributed by atoms with Crippen LogP contribution in [0.2, 0.25) is 0 Å². The van der Waals surface area contributed by atoms with Crippen LogP contribution >= 0.6 is 24.0 Å². The number of pyridine rings is 1. The molecule has 0 amide bonds. The van der Waals surface area contributed by atoms with Crippen LogP contribution in [0.3, 0.4) is 0 Å². The first-order valence-corrected chi connectivity index (χ1v) is 6.01. The Morgan fingerprint density at radius 3 is 2.95 bits per heavy atom. The van der Waals surface area contributed by atoms with Crippen molar-refractivity contribution in [1.29, 1.82) is 0 Å². The zero-order chi connectivity index (χ0) is 14.8. The van der Waals surface area contributed by atoms with Crippen LogP contribution in [0.15, 0.2) is 23.3 Å². The monoisotopic (exact) mass is 416 g/mol. The average Bonchev–Trinajstić information content (AvgIpc) is 2.44. The summed E-state index contributed by atoms with van der Waals surface area (Å²) in [5, 5.41) is 2.85. The molecule has 21 heavy (non-hydrogen) atoms. The molecular weight excluding hydrogens is 397 g/mol. The van der Waals surface area contributed by atoms with Gasteiger partial charge in [0.05, 0.1) is 13.2 Å². The zero-order valence-corrected chi connectivity index (χ0v) is 13.9. The summed E-state index contributed by atoms with van der Waals surface area (Å²) in [7, 11) is 1.58. The van der Waals surface area contributed by atoms with E-state index in [0.29, 0.717) is 18.7 Å². The first-order valence-electron chi connectivity index (χ1n) is 6.01. The van der Waals surface area contributed by atoms with Crippen molar-refractivity contribution in [2.24, 2.45) is 10.7 Å². The molecule has 120 valence electrons. The molecule has 0 aliphatic carbocycles. The molecule has 3 N–H and O–H groups in total. The molecule has 0 atom stereocenters. The summed E-state index contributed by atoms with van der Waals surface area (Å²) in [4.78, 5) is 7.97. The number of rotatable bonds is 8. The van der Waals surface area contributed by atoms with Crippen molar-refractivity contribution in [3.8, 4) is 5.88 Å². The first-order chi connectivity index (χ1) is 9.63. The van der Waals surface area contributed by atoms with Gasteiger partial charge in [-0.25, -0.2) is 18.8 Å². The third kappa shape index (κ3) is 8.60. The molecule has 0 aliphatic rings. The van der Waals surface area contributed by atoms with Gasteiger partial charge in [-0.2, -0.15) is 0 Å². The van der Waals surface area contributed by atoms with E-state index in [9.17, 15) is 8.78 Å². The van der Waals surface area contributed by atoms with E-state index in [1.54, 1.807) is 19.2 Å². The van der Waals surface area contributed by atoms with E-state index in [1.807, 2.05) is 0 Å². The number of nitrogens with two attached hydrogens (primary N) is 1. The maximum absolute atomic E-state index is 12.1. The highest BCUT2D eigenvalue weighted by Gasteiger charge is 2.08. The van der Waals surface area contributed by atoms with E-state index < -0.39 is 13.0 Å². The maximum atomic E-state index is 12.1. The quantitative estimate of drug-likeness (QED) is 0.290. The van der Waals surface area contributed by atoms with E-state index in [0.717, 1.165) is 0 Å². The smallest absolute Gasteiger partial charge is 0.272 e. The molecule has 1 aromatic heterocycles. The van der Waals surface area contributed by atoms with Crippen LogP contribution in [0.25, 0.3) is 0 Å². The molecule has 0 spiro atoms. The number of hydrogen-bond acceptors (Lipinski definition) is 4. The Bertz CT molecular complexity index is 435. The minimum atomic E-state index is -2.55. The fourth-order valence-electron chi connectivity index (χ4n) is 1.32. The highest BCUT2D eigenvalue weighted by molar-refractivity contribution is 14.0. The number of aromatic nitrogens is 1. The van der Waals surface area contributed by atoms with Gasteiger partial charge in [-0.1, -0.05) is 6.07 Å². The van der Waals surface area contributed by atoms with E-state index in [1.165, 1.54) is 6.20 Å². The zero-order valence-electron chi connectivity index (χ0n) is 11.6. The van der Waals surface area contributed by atoms with E-state index in [2.05, 4.69) is 15.3 Å². The van der Waals surface area contributed by atoms with Crippen molar-refractivity contribution in [2.45, 2.75) is 13.0 Å². The van der Waals surface area contributed by atoms with E-state index >= 15 is 0 Å². The molecule has 1 aromatic rings. The second-order valence-electron chi connectivity index (χ2n) is 3.79. The molecule has 9 heteroatoms. The van der Waals surface area contributed by atoms with Gasteiger partial charge in [0.15, 0.2) is 12.6 Å². The van der Waals surface area contributed by atoms with Gasteiger partial charge < -0.3 is 20.5 Å². The Morgan fingerprint density at radius 2 is 2.29 bits per heavy atom. The number of guanidine groups is 1. The molecule has 6 nitrogen and oxygen atoms in total. The molecule has 1 rings (SSSR count). The van der Waals surface area contributed by atoms with Crippen LogP contribution in [0.4, 0.5) is 8.78 Å². The van der Waals surface area contributed by atoms with Crippen LogP contribution < -0.4 is 15.8 Å². The highest BCUT2D eigenvalue weighted by Crippen LogP contribution is 2.15. The molecule has 0 fully saturated rings. The van der Waals surface area contributed by atoms with Gasteiger partial charge in [0.25, 0.3) is 6.43 Å². The van der Waals surface area contributed by atoms with Crippen molar-refractivity contribution in [3.05, 3.63) is 23.9 Å². The Labute approximate surface area is 139 Å². The van der Waals surface area contributed by atoms with Crippen molar-refractivity contribution >= 4 is 29.9 Å². The maximum Gasteiger partial charge on any atom is 0.272 e. The highest BCUT2D eigenvalue weighted by atomic mass is 127. The predicted octanol–water partition coefficient (Wildman–Crippen LogP) is 1.39. The summed E-state index contributed by atoms with van der Waals surface area (Å²) >= 11 is 0. The second-order valence-corrected chi connectivity index (χ2v) is 3.79. The number of aliphatic imine (C=N–C) groups is 1. The van der Waals surface area contributed by atoms with Gasteiger partial charge in [-0.05, 0) is 6.07 Å². The number of nitrogens with one attached hydrogen (secondary N) is 1. The van der Waals surface area contributed by atoms with Crippen molar-refractivity contribution in [1.82, 2.24) is 10.3 Å². The number of ether oxygens (including phenoxy) is 2. The van der Waals surface area contributed by atoms with Gasteiger partial charge in [0.1, 0.15) is 0 Å². The minimum absolute atomic E-state index is 0. The largest absolute Gasteiger partial charge is 0.471 e. The molecule has 1 heterocycles. The fraction of sp³-hybridized carbons (Fsp3) is 0.500. The third-order valence-corrected chi connectivity index (χ3v) is 2.23. The van der Waals surface area contributed by atoms with E-state index in [-0.39, 0.29) is 42.4 Å². The lowest BCUT2D eigenvalue weighted by Gasteiger charge is -2.09. The number of nitrogens with zero attached hydrogens (tertiary/aromatic N) is 2. The predicted molar refractivity (Wildman–Crippen MR) is 86.4 cm³/mol. The topological polar surface area (TPSA) is 81.8 Å². The first kappa shape index (κ1) is 19.8. The number of methoxy groups -OCH3 is 1. The fourth-order valence-corrected chi connectivity index (χ4v) is 1.32. The minimum Gasteiger partial charge on any atom is -0.471 e. The van der Waals surface area contributed by atoms with Crippen LogP contribution in [0.5, 0.6) is 5.88 Å². The Morgan fingerprint density at radius 1 is 1.52 bits per heavy atom. The van der Waals surface area contributed by atoms with Crippen LogP contribution in [0.1, 0.15) is 5.56 Å². The second kappa shape index (κ2) is 11.4. The van der Waals surface area contributed by atoms with Crippen LogP contribution in [-0.4, -0.2) is 44.2 Å². The Balaban J connectivity index is 0.00000400. The van der Waals surface area contributed by atoms with Crippen molar-refractivity contribution < 1.29 is 18.3 Å². The number of alkyl halides is 2. The summed E-state index contributed by atoms with van der Waals surface area (Å²) < 4.78 is 34.0. The number of hydrogen-bond donors (Lipinski definition) is 2. The average molecular weight is 416 g/mol. The standard InChI is InChI=1S/C12H18F2N4O2.HI/c1-19-6-5-17-12(15)18-7-9-3-2-4-16-11(9)20-8-10(13)14;/h2-4,10H,5-8H2,1H3,(H3,15,17,18);1H. The van der Waals surface area contributed by atoms with Crippen LogP contribution in [0, 0.1) is 0 Å². The molecular formula is C12H19F2IN4O2. The molecule has 0 bridgehead atoms. The molecule has 0 unspecified atom stereocenters. The van der Waals surface area contributed by atoms with Gasteiger partial charge in [-0.15, -0.1) is 24.0 Å². The lowest BCUT2D eigenvalue weighted by atomic mass is 10.3. The van der Waals surface area contributed by atoms with Gasteiger partial charge in [0.2, 0.25) is 5.88 Å². The normalized spacial score (nSPS) is 11.1.